The van der Waals surface area contributed by atoms with Gasteiger partial charge in [0, 0.05) is 36.3 Å². The van der Waals surface area contributed by atoms with Gasteiger partial charge in [0.2, 0.25) is 0 Å². The van der Waals surface area contributed by atoms with Crippen molar-refractivity contribution in [1.29, 1.82) is 0 Å². The van der Waals surface area contributed by atoms with Crippen molar-refractivity contribution in [1.82, 2.24) is 9.80 Å². The van der Waals surface area contributed by atoms with E-state index in [2.05, 4.69) is 138 Å². The fraction of sp³-hybridized carbons (Fsp3) is 0.429. The van der Waals surface area contributed by atoms with Crippen molar-refractivity contribution in [3.05, 3.63) is 118 Å². The van der Waals surface area contributed by atoms with Gasteiger partial charge in [0.15, 0.2) is 0 Å². The molecule has 0 aliphatic rings. The van der Waals surface area contributed by atoms with Crippen LogP contribution in [0.5, 0.6) is 23.0 Å². The molecule has 0 aliphatic carbocycles. The van der Waals surface area contributed by atoms with E-state index in [0.717, 1.165) is 60.3 Å². The Kier molecular flexibility index (Phi) is 14.2. The van der Waals surface area contributed by atoms with Crippen LogP contribution in [0.4, 0.5) is 0 Å². The van der Waals surface area contributed by atoms with Crippen LogP contribution in [-0.4, -0.2) is 61.4 Å². The fourth-order valence-electron chi connectivity index (χ4n) is 6.12. The van der Waals surface area contributed by atoms with Crippen molar-refractivity contribution in [2.45, 2.75) is 80.6 Å². The average molecular weight is 653 g/mol. The SMILES string of the molecule is CCN(Cc1ccccc1OCCOc1ccccc1CN(CC)C(C)COc1c(C)cccc1C)C(C)COc1c(C)cccc1C. The van der Waals surface area contributed by atoms with Gasteiger partial charge in [0.1, 0.15) is 49.4 Å². The van der Waals surface area contributed by atoms with Crippen LogP contribution in [0.15, 0.2) is 84.9 Å². The minimum atomic E-state index is 0.241. The zero-order valence-corrected chi connectivity index (χ0v) is 30.4. The molecule has 0 bridgehead atoms. The molecule has 0 saturated carbocycles. The van der Waals surface area contributed by atoms with Gasteiger partial charge in [-0.2, -0.15) is 0 Å². The second-order valence-electron chi connectivity index (χ2n) is 12.8. The molecule has 48 heavy (non-hydrogen) atoms. The van der Waals surface area contributed by atoms with E-state index in [4.69, 9.17) is 18.9 Å². The molecule has 0 aliphatic heterocycles. The topological polar surface area (TPSA) is 43.4 Å². The van der Waals surface area contributed by atoms with Crippen LogP contribution in [0.3, 0.4) is 0 Å². The maximum atomic E-state index is 6.31. The van der Waals surface area contributed by atoms with Crippen molar-refractivity contribution >= 4 is 0 Å². The molecule has 0 saturated heterocycles. The van der Waals surface area contributed by atoms with Gasteiger partial charge in [-0.3, -0.25) is 9.80 Å². The summed E-state index contributed by atoms with van der Waals surface area (Å²) >= 11 is 0. The van der Waals surface area contributed by atoms with Crippen LogP contribution >= 0.6 is 0 Å². The van der Waals surface area contributed by atoms with Crippen LogP contribution < -0.4 is 18.9 Å². The molecule has 258 valence electrons. The highest BCUT2D eigenvalue weighted by molar-refractivity contribution is 5.41. The highest BCUT2D eigenvalue weighted by atomic mass is 16.5. The molecule has 0 amide bonds. The van der Waals surface area contributed by atoms with Crippen molar-refractivity contribution in [2.24, 2.45) is 0 Å². The number of hydrogen-bond donors (Lipinski definition) is 0. The highest BCUT2D eigenvalue weighted by Crippen LogP contribution is 2.26. The summed E-state index contributed by atoms with van der Waals surface area (Å²) in [5.74, 6) is 3.77. The van der Waals surface area contributed by atoms with Gasteiger partial charge in [-0.1, -0.05) is 86.6 Å². The summed E-state index contributed by atoms with van der Waals surface area (Å²) in [7, 11) is 0. The fourth-order valence-corrected chi connectivity index (χ4v) is 6.12. The molecule has 4 aromatic rings. The van der Waals surface area contributed by atoms with Crippen LogP contribution in [0.25, 0.3) is 0 Å². The molecule has 0 heterocycles. The van der Waals surface area contributed by atoms with Crippen molar-refractivity contribution < 1.29 is 18.9 Å². The third-order valence-corrected chi connectivity index (χ3v) is 9.10. The van der Waals surface area contributed by atoms with E-state index in [9.17, 15) is 0 Å². The Bertz CT molecular complexity index is 1410. The Morgan fingerprint density at radius 2 is 0.833 bits per heavy atom. The van der Waals surface area contributed by atoms with Gasteiger partial charge in [0.05, 0.1) is 0 Å². The molecule has 0 fully saturated rings. The molecule has 6 nitrogen and oxygen atoms in total. The van der Waals surface area contributed by atoms with E-state index in [1.807, 2.05) is 12.1 Å². The largest absolute Gasteiger partial charge is 0.491 e. The molecule has 2 atom stereocenters. The minimum absolute atomic E-state index is 0.241. The first-order chi connectivity index (χ1) is 23.2. The normalized spacial score (nSPS) is 12.6. The lowest BCUT2D eigenvalue weighted by Gasteiger charge is -2.29. The summed E-state index contributed by atoms with van der Waals surface area (Å²) in [6.45, 7) is 22.8. The molecule has 4 rings (SSSR count). The summed E-state index contributed by atoms with van der Waals surface area (Å²) in [4.78, 5) is 4.85. The second-order valence-corrected chi connectivity index (χ2v) is 12.8. The van der Waals surface area contributed by atoms with E-state index in [0.29, 0.717) is 26.4 Å². The lowest BCUT2D eigenvalue weighted by Crippen LogP contribution is -2.37. The first kappa shape index (κ1) is 36.8. The molecule has 0 radical (unpaired) electrons. The first-order valence-electron chi connectivity index (χ1n) is 17.5. The standard InChI is InChI=1S/C42H56N2O4/c1-9-43(35(7)29-47-41-31(3)17-15-18-32(41)4)27-37-21-11-13-23-39(37)45-25-26-46-40-24-14-12-22-38(40)28-44(10-2)36(8)30-48-42-33(5)19-16-20-34(42)6/h11-24,35-36H,9-10,25-30H2,1-8H3. The van der Waals surface area contributed by atoms with Gasteiger partial charge in [-0.05, 0) is 89.0 Å². The van der Waals surface area contributed by atoms with Crippen molar-refractivity contribution in [3.8, 4) is 23.0 Å². The van der Waals surface area contributed by atoms with E-state index >= 15 is 0 Å². The van der Waals surface area contributed by atoms with E-state index < -0.39 is 0 Å². The van der Waals surface area contributed by atoms with Gasteiger partial charge in [-0.15, -0.1) is 0 Å². The number of ether oxygens (including phenoxy) is 4. The third-order valence-electron chi connectivity index (χ3n) is 9.10. The monoisotopic (exact) mass is 652 g/mol. The zero-order valence-electron chi connectivity index (χ0n) is 30.4. The Balaban J connectivity index is 1.30. The first-order valence-corrected chi connectivity index (χ1v) is 17.5. The number of nitrogens with zero attached hydrogens (tertiary/aromatic N) is 2. The molecule has 4 aromatic carbocycles. The van der Waals surface area contributed by atoms with E-state index in [1.54, 1.807) is 0 Å². The van der Waals surface area contributed by atoms with Crippen LogP contribution in [0, 0.1) is 27.7 Å². The lowest BCUT2D eigenvalue weighted by molar-refractivity contribution is 0.141. The molecule has 2 unspecified atom stereocenters. The average Bonchev–Trinajstić information content (AvgIpc) is 3.08. The van der Waals surface area contributed by atoms with Crippen LogP contribution in [-0.2, 0) is 13.1 Å². The summed E-state index contributed by atoms with van der Waals surface area (Å²) in [5.41, 5.74) is 7.01. The quantitative estimate of drug-likeness (QED) is 0.0943. The predicted octanol–water partition coefficient (Wildman–Crippen LogP) is 8.96. The lowest BCUT2D eigenvalue weighted by atomic mass is 10.1. The van der Waals surface area contributed by atoms with Gasteiger partial charge < -0.3 is 18.9 Å². The number of para-hydroxylation sites is 4. The number of aryl methyl sites for hydroxylation is 4. The summed E-state index contributed by atoms with van der Waals surface area (Å²) in [5, 5.41) is 0. The van der Waals surface area contributed by atoms with Gasteiger partial charge >= 0.3 is 0 Å². The van der Waals surface area contributed by atoms with E-state index in [1.165, 1.54) is 22.3 Å². The molecular formula is C42H56N2O4. The molecule has 0 spiro atoms. The minimum Gasteiger partial charge on any atom is -0.491 e. The summed E-state index contributed by atoms with van der Waals surface area (Å²) in [6.07, 6.45) is 0. The smallest absolute Gasteiger partial charge is 0.125 e. The number of likely N-dealkylation sites (N-methyl/N-ethyl adjacent to an activating group) is 2. The third kappa shape index (κ3) is 10.2. The molecule has 6 heteroatoms. The Hall–Kier alpha value is -4.00. The molecule has 0 N–H and O–H groups in total. The van der Waals surface area contributed by atoms with Crippen molar-refractivity contribution in [3.63, 3.8) is 0 Å². The predicted molar refractivity (Wildman–Crippen MR) is 198 cm³/mol. The number of benzene rings is 4. The van der Waals surface area contributed by atoms with Crippen LogP contribution in [0.2, 0.25) is 0 Å². The Morgan fingerprint density at radius 3 is 1.19 bits per heavy atom. The van der Waals surface area contributed by atoms with Gasteiger partial charge in [0.25, 0.3) is 0 Å². The maximum Gasteiger partial charge on any atom is 0.125 e. The van der Waals surface area contributed by atoms with Crippen molar-refractivity contribution in [2.75, 3.05) is 39.5 Å². The Morgan fingerprint density at radius 1 is 0.479 bits per heavy atom. The van der Waals surface area contributed by atoms with Crippen LogP contribution in [0.1, 0.15) is 61.1 Å². The zero-order chi connectivity index (χ0) is 34.5. The second kappa shape index (κ2) is 18.5. The Labute approximate surface area is 289 Å². The number of hydrogen-bond acceptors (Lipinski definition) is 6. The summed E-state index contributed by atoms with van der Waals surface area (Å²) in [6, 6.07) is 29.7. The number of rotatable bonds is 19. The summed E-state index contributed by atoms with van der Waals surface area (Å²) < 4.78 is 25.2. The molecular weight excluding hydrogens is 596 g/mol. The molecule has 0 aromatic heterocycles. The van der Waals surface area contributed by atoms with E-state index in [-0.39, 0.29) is 12.1 Å². The van der Waals surface area contributed by atoms with Gasteiger partial charge in [-0.25, -0.2) is 0 Å². The maximum absolute atomic E-state index is 6.31. The highest BCUT2D eigenvalue weighted by Gasteiger charge is 2.18.